The van der Waals surface area contributed by atoms with E-state index >= 15 is 0 Å². The molecule has 0 atom stereocenters. The van der Waals surface area contributed by atoms with E-state index in [1.54, 1.807) is 24.3 Å². The minimum absolute atomic E-state index is 0.0275. The molecule has 3 rings (SSSR count). The SMILES string of the molecule is Cc1[nH]c2ccc(Cl)cc2c1CCNC(=O)COc1ccc(Cl)cc1. The van der Waals surface area contributed by atoms with Gasteiger partial charge in [-0.2, -0.15) is 0 Å². The number of halogens is 2. The number of hydrogen-bond acceptors (Lipinski definition) is 2. The third-order valence-corrected chi connectivity index (χ3v) is 4.45. The molecule has 3 aromatic rings. The summed E-state index contributed by atoms with van der Waals surface area (Å²) in [7, 11) is 0. The number of ether oxygens (including phenoxy) is 1. The lowest BCUT2D eigenvalue weighted by molar-refractivity contribution is -0.123. The summed E-state index contributed by atoms with van der Waals surface area (Å²) in [6.45, 7) is 2.53. The predicted octanol–water partition coefficient (Wildman–Crippen LogP) is 4.52. The van der Waals surface area contributed by atoms with Crippen molar-refractivity contribution < 1.29 is 9.53 Å². The Kier molecular flexibility index (Phi) is 5.51. The number of aryl methyl sites for hydroxylation is 1. The van der Waals surface area contributed by atoms with Gasteiger partial charge in [-0.15, -0.1) is 0 Å². The van der Waals surface area contributed by atoms with E-state index in [0.717, 1.165) is 28.6 Å². The van der Waals surface area contributed by atoms with Crippen LogP contribution in [-0.4, -0.2) is 24.0 Å². The largest absolute Gasteiger partial charge is 0.484 e. The van der Waals surface area contributed by atoms with Gasteiger partial charge in [0.25, 0.3) is 5.91 Å². The number of carbonyl (C=O) groups excluding carboxylic acids is 1. The third-order valence-electron chi connectivity index (χ3n) is 3.96. The van der Waals surface area contributed by atoms with Gasteiger partial charge in [0.15, 0.2) is 6.61 Å². The van der Waals surface area contributed by atoms with Gasteiger partial charge in [0.1, 0.15) is 5.75 Å². The quantitative estimate of drug-likeness (QED) is 0.664. The molecule has 0 saturated carbocycles. The van der Waals surface area contributed by atoms with Crippen LogP contribution in [0.15, 0.2) is 42.5 Å². The molecule has 130 valence electrons. The minimum atomic E-state index is -0.162. The van der Waals surface area contributed by atoms with E-state index in [9.17, 15) is 4.79 Å². The Balaban J connectivity index is 1.52. The third kappa shape index (κ3) is 4.47. The maximum Gasteiger partial charge on any atom is 0.257 e. The van der Waals surface area contributed by atoms with Crippen molar-refractivity contribution in [2.24, 2.45) is 0 Å². The lowest BCUT2D eigenvalue weighted by atomic mass is 10.1. The molecular weight excluding hydrogens is 359 g/mol. The highest BCUT2D eigenvalue weighted by atomic mass is 35.5. The number of hydrogen-bond donors (Lipinski definition) is 2. The van der Waals surface area contributed by atoms with Crippen molar-refractivity contribution >= 4 is 40.0 Å². The van der Waals surface area contributed by atoms with E-state index in [2.05, 4.69) is 10.3 Å². The first-order valence-corrected chi connectivity index (χ1v) is 8.70. The number of benzene rings is 2. The van der Waals surface area contributed by atoms with Crippen LogP contribution < -0.4 is 10.1 Å². The molecule has 1 heterocycles. The van der Waals surface area contributed by atoms with Crippen molar-refractivity contribution in [3.05, 3.63) is 63.8 Å². The van der Waals surface area contributed by atoms with Gasteiger partial charge in [0, 0.05) is 33.2 Å². The molecule has 0 radical (unpaired) electrons. The Labute approximate surface area is 156 Å². The van der Waals surface area contributed by atoms with E-state index in [0.29, 0.717) is 22.3 Å². The first kappa shape index (κ1) is 17.6. The van der Waals surface area contributed by atoms with E-state index in [1.165, 1.54) is 0 Å². The average molecular weight is 377 g/mol. The Morgan fingerprint density at radius 3 is 2.60 bits per heavy atom. The van der Waals surface area contributed by atoms with Crippen LogP contribution >= 0.6 is 23.2 Å². The van der Waals surface area contributed by atoms with Gasteiger partial charge in [-0.05, 0) is 61.4 Å². The molecule has 0 unspecified atom stereocenters. The molecular formula is C19H18Cl2N2O2. The second-order valence-electron chi connectivity index (χ2n) is 5.76. The summed E-state index contributed by atoms with van der Waals surface area (Å²) in [6.07, 6.45) is 0.721. The highest BCUT2D eigenvalue weighted by molar-refractivity contribution is 6.31. The Morgan fingerprint density at radius 2 is 1.84 bits per heavy atom. The van der Waals surface area contributed by atoms with Gasteiger partial charge < -0.3 is 15.0 Å². The van der Waals surface area contributed by atoms with Crippen molar-refractivity contribution in [3.63, 3.8) is 0 Å². The van der Waals surface area contributed by atoms with Gasteiger partial charge in [-0.1, -0.05) is 23.2 Å². The fraction of sp³-hybridized carbons (Fsp3) is 0.211. The first-order chi connectivity index (χ1) is 12.0. The lowest BCUT2D eigenvalue weighted by Crippen LogP contribution is -2.30. The number of amides is 1. The molecule has 0 spiro atoms. The summed E-state index contributed by atoms with van der Waals surface area (Å²) in [5.41, 5.74) is 3.30. The summed E-state index contributed by atoms with van der Waals surface area (Å²) >= 11 is 11.9. The van der Waals surface area contributed by atoms with Crippen LogP contribution in [0, 0.1) is 6.92 Å². The molecule has 0 aliphatic rings. The predicted molar refractivity (Wildman–Crippen MR) is 102 cm³/mol. The molecule has 4 nitrogen and oxygen atoms in total. The molecule has 0 saturated heterocycles. The second kappa shape index (κ2) is 7.81. The fourth-order valence-electron chi connectivity index (χ4n) is 2.73. The molecule has 6 heteroatoms. The fourth-order valence-corrected chi connectivity index (χ4v) is 3.03. The summed E-state index contributed by atoms with van der Waals surface area (Å²) in [5.74, 6) is 0.451. The van der Waals surface area contributed by atoms with Crippen LogP contribution in [0.2, 0.25) is 10.0 Å². The van der Waals surface area contributed by atoms with Crippen LogP contribution in [0.4, 0.5) is 0 Å². The Morgan fingerprint density at radius 1 is 1.12 bits per heavy atom. The Bertz CT molecular complexity index is 888. The van der Waals surface area contributed by atoms with Crippen LogP contribution in [0.5, 0.6) is 5.75 Å². The maximum atomic E-state index is 11.9. The van der Waals surface area contributed by atoms with E-state index in [4.69, 9.17) is 27.9 Å². The molecule has 25 heavy (non-hydrogen) atoms. The number of aromatic amines is 1. The molecule has 2 aromatic carbocycles. The van der Waals surface area contributed by atoms with Crippen molar-refractivity contribution in [2.45, 2.75) is 13.3 Å². The van der Waals surface area contributed by atoms with Gasteiger partial charge in [-0.25, -0.2) is 0 Å². The second-order valence-corrected chi connectivity index (χ2v) is 6.63. The highest BCUT2D eigenvalue weighted by Crippen LogP contribution is 2.25. The molecule has 0 aliphatic heterocycles. The summed E-state index contributed by atoms with van der Waals surface area (Å²) in [5, 5.41) is 5.30. The number of fused-ring (bicyclic) bond motifs is 1. The first-order valence-electron chi connectivity index (χ1n) is 7.94. The molecule has 0 aliphatic carbocycles. The summed E-state index contributed by atoms with van der Waals surface area (Å²) in [6, 6.07) is 12.7. The zero-order valence-electron chi connectivity index (χ0n) is 13.7. The number of carbonyl (C=O) groups is 1. The number of aromatic nitrogens is 1. The van der Waals surface area contributed by atoms with Crippen molar-refractivity contribution in [3.8, 4) is 5.75 Å². The smallest absolute Gasteiger partial charge is 0.257 e. The van der Waals surface area contributed by atoms with Crippen molar-refractivity contribution in [1.29, 1.82) is 0 Å². The monoisotopic (exact) mass is 376 g/mol. The van der Waals surface area contributed by atoms with Gasteiger partial charge in [-0.3, -0.25) is 4.79 Å². The maximum absolute atomic E-state index is 11.9. The summed E-state index contributed by atoms with van der Waals surface area (Å²) in [4.78, 5) is 15.3. The van der Waals surface area contributed by atoms with Gasteiger partial charge in [0.2, 0.25) is 0 Å². The lowest BCUT2D eigenvalue weighted by Gasteiger charge is -2.08. The zero-order chi connectivity index (χ0) is 17.8. The normalized spacial score (nSPS) is 10.8. The molecule has 2 N–H and O–H groups in total. The van der Waals surface area contributed by atoms with Crippen LogP contribution in [0.1, 0.15) is 11.3 Å². The number of H-pyrrole nitrogens is 1. The van der Waals surface area contributed by atoms with Crippen molar-refractivity contribution in [1.82, 2.24) is 10.3 Å². The van der Waals surface area contributed by atoms with Crippen LogP contribution in [0.25, 0.3) is 10.9 Å². The van der Waals surface area contributed by atoms with Gasteiger partial charge >= 0.3 is 0 Å². The molecule has 1 amide bonds. The van der Waals surface area contributed by atoms with E-state index in [-0.39, 0.29) is 12.5 Å². The van der Waals surface area contributed by atoms with Gasteiger partial charge in [0.05, 0.1) is 0 Å². The van der Waals surface area contributed by atoms with E-state index < -0.39 is 0 Å². The van der Waals surface area contributed by atoms with Crippen LogP contribution in [0.3, 0.4) is 0 Å². The topological polar surface area (TPSA) is 54.1 Å². The minimum Gasteiger partial charge on any atom is -0.484 e. The number of rotatable bonds is 6. The van der Waals surface area contributed by atoms with Crippen LogP contribution in [-0.2, 0) is 11.2 Å². The van der Waals surface area contributed by atoms with Crippen molar-refractivity contribution in [2.75, 3.05) is 13.2 Å². The standard InChI is InChI=1S/C19H18Cl2N2O2/c1-12-16(17-10-14(21)4-7-18(17)23-12)8-9-22-19(24)11-25-15-5-2-13(20)3-6-15/h2-7,10,23H,8-9,11H2,1H3,(H,22,24). The zero-order valence-corrected chi connectivity index (χ0v) is 15.2. The molecule has 1 aromatic heterocycles. The summed E-state index contributed by atoms with van der Waals surface area (Å²) < 4.78 is 5.43. The highest BCUT2D eigenvalue weighted by Gasteiger charge is 2.10. The molecule has 0 bridgehead atoms. The van der Waals surface area contributed by atoms with E-state index in [1.807, 2.05) is 25.1 Å². The molecule has 0 fully saturated rings. The Hall–Kier alpha value is -2.17. The average Bonchev–Trinajstić information content (AvgIpc) is 2.89. The number of nitrogens with one attached hydrogen (secondary N) is 2.